The van der Waals surface area contributed by atoms with Crippen molar-refractivity contribution in [2.45, 2.75) is 6.18 Å². The third-order valence-corrected chi connectivity index (χ3v) is 2.31. The number of halogens is 5. The molecular formula is C11H10ClF4N3O2. The van der Waals surface area contributed by atoms with Gasteiger partial charge in [0.05, 0.1) is 12.2 Å². The van der Waals surface area contributed by atoms with Gasteiger partial charge >= 0.3 is 12.2 Å². The Morgan fingerprint density at radius 2 is 1.90 bits per heavy atom. The summed E-state index contributed by atoms with van der Waals surface area (Å²) in [6, 6.07) is 2.28. The summed E-state index contributed by atoms with van der Waals surface area (Å²) in [7, 11) is 0. The van der Waals surface area contributed by atoms with Gasteiger partial charge in [-0.25, -0.2) is 9.18 Å². The number of anilines is 1. The fourth-order valence-corrected chi connectivity index (χ4v) is 1.38. The van der Waals surface area contributed by atoms with Gasteiger partial charge in [-0.15, -0.1) is 0 Å². The fraction of sp³-hybridized carbons (Fsp3) is 0.273. The van der Waals surface area contributed by atoms with Crippen molar-refractivity contribution in [2.24, 2.45) is 0 Å². The summed E-state index contributed by atoms with van der Waals surface area (Å²) in [5.41, 5.74) is -0.0756. The Hall–Kier alpha value is -2.03. The molecule has 3 amide bonds. The van der Waals surface area contributed by atoms with Gasteiger partial charge in [-0.1, -0.05) is 11.6 Å². The number of amides is 3. The van der Waals surface area contributed by atoms with Crippen molar-refractivity contribution in [1.29, 1.82) is 0 Å². The van der Waals surface area contributed by atoms with Crippen LogP contribution in [-0.4, -0.2) is 31.2 Å². The zero-order valence-corrected chi connectivity index (χ0v) is 11.1. The number of nitrogens with one attached hydrogen (secondary N) is 3. The molecule has 1 aromatic rings. The molecule has 0 fully saturated rings. The van der Waals surface area contributed by atoms with Crippen molar-refractivity contribution in [3.63, 3.8) is 0 Å². The quantitative estimate of drug-likeness (QED) is 0.743. The number of imide groups is 1. The second kappa shape index (κ2) is 7.11. The molecule has 0 saturated heterocycles. The molecule has 5 nitrogen and oxygen atoms in total. The summed E-state index contributed by atoms with van der Waals surface area (Å²) in [5, 5.41) is 5.69. The van der Waals surface area contributed by atoms with E-state index < -0.39 is 37.0 Å². The SMILES string of the molecule is O=C(CNc1cc(Cl)ccc1F)NC(=O)NCC(F)(F)F. The van der Waals surface area contributed by atoms with E-state index in [1.54, 1.807) is 5.32 Å². The Bertz CT molecular complexity index is 537. The Labute approximate surface area is 121 Å². The molecule has 0 saturated carbocycles. The minimum atomic E-state index is -4.58. The summed E-state index contributed by atoms with van der Waals surface area (Å²) in [5.74, 6) is -1.61. The second-order valence-corrected chi connectivity index (χ2v) is 4.26. The molecule has 1 aromatic carbocycles. The molecule has 116 valence electrons. The van der Waals surface area contributed by atoms with Gasteiger partial charge in [-0.3, -0.25) is 10.1 Å². The first-order valence-electron chi connectivity index (χ1n) is 5.51. The van der Waals surface area contributed by atoms with Gasteiger partial charge in [-0.05, 0) is 18.2 Å². The van der Waals surface area contributed by atoms with E-state index >= 15 is 0 Å². The average molecular weight is 328 g/mol. The first-order chi connectivity index (χ1) is 9.67. The van der Waals surface area contributed by atoms with Crippen molar-refractivity contribution in [3.8, 4) is 0 Å². The van der Waals surface area contributed by atoms with Gasteiger partial charge < -0.3 is 10.6 Å². The van der Waals surface area contributed by atoms with E-state index in [4.69, 9.17) is 11.6 Å². The summed E-state index contributed by atoms with van der Waals surface area (Å²) in [6.07, 6.45) is -4.58. The van der Waals surface area contributed by atoms with Crippen molar-refractivity contribution in [3.05, 3.63) is 29.0 Å². The van der Waals surface area contributed by atoms with E-state index in [0.717, 1.165) is 6.07 Å². The number of carbonyl (C=O) groups excluding carboxylic acids is 2. The van der Waals surface area contributed by atoms with E-state index in [9.17, 15) is 27.2 Å². The van der Waals surface area contributed by atoms with Crippen LogP contribution in [0.25, 0.3) is 0 Å². The monoisotopic (exact) mass is 327 g/mol. The maximum absolute atomic E-state index is 13.3. The molecular weight excluding hydrogens is 318 g/mol. The van der Waals surface area contributed by atoms with Crippen LogP contribution >= 0.6 is 11.6 Å². The molecule has 0 unspecified atom stereocenters. The van der Waals surface area contributed by atoms with Gasteiger partial charge in [0, 0.05) is 5.02 Å². The zero-order valence-electron chi connectivity index (χ0n) is 10.4. The largest absolute Gasteiger partial charge is 0.405 e. The Balaban J connectivity index is 2.40. The molecule has 0 heterocycles. The minimum Gasteiger partial charge on any atom is -0.374 e. The first kappa shape index (κ1) is 17.0. The highest BCUT2D eigenvalue weighted by molar-refractivity contribution is 6.30. The van der Waals surface area contributed by atoms with Crippen molar-refractivity contribution < 1.29 is 27.2 Å². The van der Waals surface area contributed by atoms with Gasteiger partial charge in [0.1, 0.15) is 12.4 Å². The zero-order chi connectivity index (χ0) is 16.0. The molecule has 0 atom stereocenters. The second-order valence-electron chi connectivity index (χ2n) is 3.82. The first-order valence-corrected chi connectivity index (χ1v) is 5.88. The average Bonchev–Trinajstić information content (AvgIpc) is 2.37. The number of benzene rings is 1. The number of alkyl halides is 3. The maximum atomic E-state index is 13.3. The van der Waals surface area contributed by atoms with Crippen LogP contribution in [0.3, 0.4) is 0 Å². The summed E-state index contributed by atoms with van der Waals surface area (Å²) in [6.45, 7) is -2.08. The molecule has 0 aromatic heterocycles. The van der Waals surface area contributed by atoms with Crippen molar-refractivity contribution in [1.82, 2.24) is 10.6 Å². The van der Waals surface area contributed by atoms with Gasteiger partial charge in [0.2, 0.25) is 5.91 Å². The fourth-order valence-electron chi connectivity index (χ4n) is 1.20. The highest BCUT2D eigenvalue weighted by Crippen LogP contribution is 2.19. The van der Waals surface area contributed by atoms with E-state index in [2.05, 4.69) is 5.32 Å². The van der Waals surface area contributed by atoms with Crippen molar-refractivity contribution >= 4 is 29.2 Å². The molecule has 0 spiro atoms. The molecule has 0 aliphatic carbocycles. The van der Waals surface area contributed by atoms with Gasteiger partial charge in [-0.2, -0.15) is 13.2 Å². The number of carbonyl (C=O) groups is 2. The maximum Gasteiger partial charge on any atom is 0.405 e. The molecule has 0 aliphatic heterocycles. The van der Waals surface area contributed by atoms with Crippen molar-refractivity contribution in [2.75, 3.05) is 18.4 Å². The minimum absolute atomic E-state index is 0.0756. The normalized spacial score (nSPS) is 10.9. The summed E-state index contributed by atoms with van der Waals surface area (Å²) in [4.78, 5) is 22.2. The molecule has 3 N–H and O–H groups in total. The van der Waals surface area contributed by atoms with Crippen LogP contribution in [-0.2, 0) is 4.79 Å². The highest BCUT2D eigenvalue weighted by atomic mass is 35.5. The molecule has 21 heavy (non-hydrogen) atoms. The van der Waals surface area contributed by atoms with Crippen LogP contribution < -0.4 is 16.0 Å². The summed E-state index contributed by atoms with van der Waals surface area (Å²) < 4.78 is 48.7. The lowest BCUT2D eigenvalue weighted by atomic mass is 10.3. The van der Waals surface area contributed by atoms with Crippen LogP contribution in [0.1, 0.15) is 0 Å². The lowest BCUT2D eigenvalue weighted by Crippen LogP contribution is -2.45. The van der Waals surface area contributed by atoms with Gasteiger partial charge in [0.25, 0.3) is 0 Å². The van der Waals surface area contributed by atoms with Crippen LogP contribution in [0.4, 0.5) is 28.0 Å². The van der Waals surface area contributed by atoms with E-state index in [1.807, 2.05) is 0 Å². The van der Waals surface area contributed by atoms with Crippen LogP contribution in [0.15, 0.2) is 18.2 Å². The lowest BCUT2D eigenvalue weighted by Gasteiger charge is -2.10. The Morgan fingerprint density at radius 3 is 2.52 bits per heavy atom. The highest BCUT2D eigenvalue weighted by Gasteiger charge is 2.27. The van der Waals surface area contributed by atoms with Gasteiger partial charge in [0.15, 0.2) is 0 Å². The topological polar surface area (TPSA) is 70.2 Å². The number of hydrogen-bond acceptors (Lipinski definition) is 3. The Morgan fingerprint density at radius 1 is 1.24 bits per heavy atom. The van der Waals surface area contributed by atoms with Crippen LogP contribution in [0, 0.1) is 5.82 Å². The lowest BCUT2D eigenvalue weighted by molar-refractivity contribution is -0.124. The van der Waals surface area contributed by atoms with Crippen LogP contribution in [0.2, 0.25) is 5.02 Å². The van der Waals surface area contributed by atoms with E-state index in [-0.39, 0.29) is 10.7 Å². The summed E-state index contributed by atoms with van der Waals surface area (Å²) >= 11 is 5.62. The number of rotatable bonds is 4. The Kier molecular flexibility index (Phi) is 5.77. The molecule has 1 rings (SSSR count). The number of hydrogen-bond donors (Lipinski definition) is 3. The molecule has 0 aliphatic rings. The standard InChI is InChI=1S/C11H10ClF4N3O2/c12-6-1-2-7(13)8(3-6)17-4-9(20)19-10(21)18-5-11(14,15)16/h1-3,17H,4-5H2,(H2,18,19,20,21). The predicted molar refractivity (Wildman–Crippen MR) is 67.5 cm³/mol. The third-order valence-electron chi connectivity index (χ3n) is 2.07. The number of urea groups is 1. The molecule has 0 radical (unpaired) electrons. The smallest absolute Gasteiger partial charge is 0.374 e. The third kappa shape index (κ3) is 6.80. The predicted octanol–water partition coefficient (Wildman–Crippen LogP) is 2.28. The van der Waals surface area contributed by atoms with E-state index in [1.165, 1.54) is 17.4 Å². The van der Waals surface area contributed by atoms with E-state index in [0.29, 0.717) is 0 Å². The van der Waals surface area contributed by atoms with Crippen LogP contribution in [0.5, 0.6) is 0 Å². The molecule has 0 bridgehead atoms. The molecule has 10 heteroatoms.